The van der Waals surface area contributed by atoms with Crippen molar-refractivity contribution in [1.29, 1.82) is 0 Å². The van der Waals surface area contributed by atoms with E-state index in [1.54, 1.807) is 11.3 Å². The maximum atomic E-state index is 12.5. The second-order valence-electron chi connectivity index (χ2n) is 4.88. The summed E-state index contributed by atoms with van der Waals surface area (Å²) in [7, 11) is 0. The highest BCUT2D eigenvalue weighted by Crippen LogP contribution is 2.42. The standard InChI is InChI=1S/C16H12N2OS/c1-9-5-4-6-10-13-15(19)17-11-7-2-3-8-12(11)18-16(13)20-14(9)10/h2-8,18H,1H3,(H,17,19). The minimum absolute atomic E-state index is 0.0469. The van der Waals surface area contributed by atoms with Gasteiger partial charge in [-0.2, -0.15) is 0 Å². The highest BCUT2D eigenvalue weighted by Gasteiger charge is 2.24. The Hall–Kier alpha value is -2.33. The third kappa shape index (κ3) is 1.55. The van der Waals surface area contributed by atoms with E-state index in [1.165, 1.54) is 10.3 Å². The van der Waals surface area contributed by atoms with E-state index in [2.05, 4.69) is 23.6 Å². The maximum absolute atomic E-state index is 12.5. The van der Waals surface area contributed by atoms with Crippen LogP contribution in [0.4, 0.5) is 16.4 Å². The van der Waals surface area contributed by atoms with Crippen LogP contribution in [0, 0.1) is 6.92 Å². The van der Waals surface area contributed by atoms with Crippen molar-refractivity contribution in [3.8, 4) is 0 Å². The Balaban J connectivity index is 2.01. The number of rotatable bonds is 0. The number of nitrogens with one attached hydrogen (secondary N) is 2. The Kier molecular flexibility index (Phi) is 2.35. The van der Waals surface area contributed by atoms with Crippen LogP contribution in [0.25, 0.3) is 10.1 Å². The van der Waals surface area contributed by atoms with Gasteiger partial charge in [0, 0.05) is 10.1 Å². The predicted molar refractivity (Wildman–Crippen MR) is 84.2 cm³/mol. The summed E-state index contributed by atoms with van der Waals surface area (Å²) in [5.74, 6) is -0.0469. The molecule has 1 aliphatic rings. The molecular weight excluding hydrogens is 268 g/mol. The van der Waals surface area contributed by atoms with Crippen LogP contribution >= 0.6 is 11.3 Å². The number of amides is 1. The number of thiophene rings is 1. The van der Waals surface area contributed by atoms with Gasteiger partial charge in [-0.05, 0) is 24.6 Å². The zero-order valence-corrected chi connectivity index (χ0v) is 11.7. The summed E-state index contributed by atoms with van der Waals surface area (Å²) in [6.45, 7) is 2.07. The van der Waals surface area contributed by atoms with Crippen LogP contribution in [0.5, 0.6) is 0 Å². The van der Waals surface area contributed by atoms with Crippen molar-refractivity contribution < 1.29 is 4.79 Å². The number of aryl methyl sites for hydroxylation is 1. The van der Waals surface area contributed by atoms with Crippen LogP contribution in [0.2, 0.25) is 0 Å². The average molecular weight is 280 g/mol. The lowest BCUT2D eigenvalue weighted by molar-refractivity contribution is 0.103. The molecule has 0 aliphatic carbocycles. The van der Waals surface area contributed by atoms with E-state index in [0.29, 0.717) is 0 Å². The molecule has 2 heterocycles. The largest absolute Gasteiger partial charge is 0.345 e. The van der Waals surface area contributed by atoms with E-state index in [1.807, 2.05) is 36.4 Å². The second kappa shape index (κ2) is 4.08. The molecule has 4 heteroatoms. The molecule has 0 unspecified atom stereocenters. The first-order valence-electron chi connectivity index (χ1n) is 6.43. The molecule has 0 bridgehead atoms. The molecule has 0 fully saturated rings. The number of benzene rings is 2. The van der Waals surface area contributed by atoms with Crippen molar-refractivity contribution in [3.63, 3.8) is 0 Å². The van der Waals surface area contributed by atoms with Crippen molar-refractivity contribution in [2.45, 2.75) is 6.92 Å². The fourth-order valence-electron chi connectivity index (χ4n) is 2.58. The molecule has 4 rings (SSSR count). The molecular formula is C16H12N2OS. The van der Waals surface area contributed by atoms with Gasteiger partial charge in [0.1, 0.15) is 5.00 Å². The smallest absolute Gasteiger partial charge is 0.259 e. The van der Waals surface area contributed by atoms with Crippen molar-refractivity contribution >= 4 is 43.7 Å². The quantitative estimate of drug-likeness (QED) is 0.635. The third-order valence-electron chi connectivity index (χ3n) is 3.56. The summed E-state index contributed by atoms with van der Waals surface area (Å²) in [5, 5.41) is 8.30. The highest BCUT2D eigenvalue weighted by atomic mass is 32.1. The SMILES string of the molecule is Cc1cccc2c3c(sc12)Nc1ccccc1NC3=O. The molecule has 0 radical (unpaired) electrons. The second-order valence-corrected chi connectivity index (χ2v) is 5.90. The van der Waals surface area contributed by atoms with Crippen LogP contribution in [0.15, 0.2) is 42.5 Å². The summed E-state index contributed by atoms with van der Waals surface area (Å²) in [6, 6.07) is 13.8. The number of hydrogen-bond acceptors (Lipinski definition) is 3. The van der Waals surface area contributed by atoms with E-state index < -0.39 is 0 Å². The molecule has 2 aromatic carbocycles. The minimum Gasteiger partial charge on any atom is -0.345 e. The van der Waals surface area contributed by atoms with E-state index in [0.717, 1.165) is 27.3 Å². The van der Waals surface area contributed by atoms with Gasteiger partial charge in [-0.1, -0.05) is 30.3 Å². The summed E-state index contributed by atoms with van der Waals surface area (Å²) in [4.78, 5) is 12.5. The summed E-state index contributed by atoms with van der Waals surface area (Å²) in [5.41, 5.74) is 3.69. The minimum atomic E-state index is -0.0469. The lowest BCUT2D eigenvalue weighted by Gasteiger charge is -2.06. The molecule has 20 heavy (non-hydrogen) atoms. The van der Waals surface area contributed by atoms with Gasteiger partial charge in [-0.15, -0.1) is 11.3 Å². The van der Waals surface area contributed by atoms with Gasteiger partial charge in [0.25, 0.3) is 5.91 Å². The summed E-state index contributed by atoms with van der Waals surface area (Å²) < 4.78 is 1.17. The number of fused-ring (bicyclic) bond motifs is 4. The molecule has 0 saturated heterocycles. The summed E-state index contributed by atoms with van der Waals surface area (Å²) >= 11 is 1.64. The lowest BCUT2D eigenvalue weighted by atomic mass is 10.1. The van der Waals surface area contributed by atoms with Crippen molar-refractivity contribution in [1.82, 2.24) is 0 Å². The zero-order chi connectivity index (χ0) is 13.7. The Labute approximate surface area is 120 Å². The van der Waals surface area contributed by atoms with Gasteiger partial charge in [0.15, 0.2) is 0 Å². The number of carbonyl (C=O) groups is 1. The van der Waals surface area contributed by atoms with Crippen molar-refractivity contribution in [2.24, 2.45) is 0 Å². The van der Waals surface area contributed by atoms with Gasteiger partial charge >= 0.3 is 0 Å². The monoisotopic (exact) mass is 280 g/mol. The number of para-hydroxylation sites is 2. The Morgan fingerprint density at radius 2 is 1.70 bits per heavy atom. The van der Waals surface area contributed by atoms with Gasteiger partial charge in [-0.3, -0.25) is 4.79 Å². The lowest BCUT2D eigenvalue weighted by Crippen LogP contribution is -2.10. The molecule has 1 aromatic heterocycles. The van der Waals surface area contributed by atoms with Gasteiger partial charge in [-0.25, -0.2) is 0 Å². The molecule has 0 spiro atoms. The number of hydrogen-bond donors (Lipinski definition) is 2. The van der Waals surface area contributed by atoms with Gasteiger partial charge in [0.2, 0.25) is 0 Å². The summed E-state index contributed by atoms with van der Waals surface area (Å²) in [6.07, 6.45) is 0. The molecule has 0 atom stereocenters. The maximum Gasteiger partial charge on any atom is 0.259 e. The van der Waals surface area contributed by atoms with Crippen LogP contribution in [-0.2, 0) is 0 Å². The highest BCUT2D eigenvalue weighted by molar-refractivity contribution is 7.23. The third-order valence-corrected chi connectivity index (χ3v) is 4.82. The molecule has 2 N–H and O–H groups in total. The van der Waals surface area contributed by atoms with E-state index in [9.17, 15) is 4.79 Å². The van der Waals surface area contributed by atoms with E-state index in [4.69, 9.17) is 0 Å². The van der Waals surface area contributed by atoms with E-state index in [-0.39, 0.29) is 5.91 Å². The molecule has 3 nitrogen and oxygen atoms in total. The molecule has 98 valence electrons. The molecule has 1 aliphatic heterocycles. The topological polar surface area (TPSA) is 41.1 Å². The van der Waals surface area contributed by atoms with Gasteiger partial charge in [0.05, 0.1) is 16.9 Å². The number of carbonyl (C=O) groups excluding carboxylic acids is 1. The first kappa shape index (κ1) is 11.5. The first-order chi connectivity index (χ1) is 9.74. The van der Waals surface area contributed by atoms with Crippen molar-refractivity contribution in [3.05, 3.63) is 53.6 Å². The van der Waals surface area contributed by atoms with Crippen LogP contribution < -0.4 is 10.6 Å². The Morgan fingerprint density at radius 1 is 0.950 bits per heavy atom. The fourth-order valence-corrected chi connectivity index (χ4v) is 3.76. The average Bonchev–Trinajstić information content (AvgIpc) is 2.74. The Morgan fingerprint density at radius 3 is 2.50 bits per heavy atom. The molecule has 0 saturated carbocycles. The molecule has 3 aromatic rings. The van der Waals surface area contributed by atoms with Crippen LogP contribution in [0.3, 0.4) is 0 Å². The van der Waals surface area contributed by atoms with Crippen molar-refractivity contribution in [2.75, 3.05) is 10.6 Å². The molecule has 1 amide bonds. The van der Waals surface area contributed by atoms with Gasteiger partial charge < -0.3 is 10.6 Å². The first-order valence-corrected chi connectivity index (χ1v) is 7.25. The Bertz CT molecular complexity index is 851. The number of anilines is 3. The fraction of sp³-hybridized carbons (Fsp3) is 0.0625. The normalized spacial score (nSPS) is 13.2. The van der Waals surface area contributed by atoms with E-state index >= 15 is 0 Å². The predicted octanol–water partition coefficient (Wildman–Crippen LogP) is 4.52. The zero-order valence-electron chi connectivity index (χ0n) is 10.9. The van der Waals surface area contributed by atoms with Crippen LogP contribution in [-0.4, -0.2) is 5.91 Å². The van der Waals surface area contributed by atoms with Crippen LogP contribution in [0.1, 0.15) is 15.9 Å².